The lowest BCUT2D eigenvalue weighted by atomic mass is 10.1. The van der Waals surface area contributed by atoms with E-state index < -0.39 is 30.6 Å². The topological polar surface area (TPSA) is 49.4 Å². The summed E-state index contributed by atoms with van der Waals surface area (Å²) in [7, 11) is 1.32. The zero-order valence-corrected chi connectivity index (χ0v) is 8.97. The van der Waals surface area contributed by atoms with Crippen molar-refractivity contribution in [3.63, 3.8) is 0 Å². The minimum absolute atomic E-state index is 0.0719. The van der Waals surface area contributed by atoms with E-state index in [0.717, 1.165) is 4.90 Å². The van der Waals surface area contributed by atoms with Crippen LogP contribution in [0.5, 0.6) is 0 Å². The van der Waals surface area contributed by atoms with E-state index in [-0.39, 0.29) is 12.3 Å². The third-order valence-electron chi connectivity index (χ3n) is 2.40. The molecule has 1 saturated heterocycles. The molecular formula is C9H13F3N2O2. The molecule has 7 heteroatoms. The van der Waals surface area contributed by atoms with Gasteiger partial charge in [0.15, 0.2) is 0 Å². The molecule has 92 valence electrons. The average Bonchev–Trinajstić information content (AvgIpc) is 2.30. The van der Waals surface area contributed by atoms with Crippen LogP contribution in [-0.2, 0) is 9.59 Å². The summed E-state index contributed by atoms with van der Waals surface area (Å²) in [6.07, 6.45) is -5.36. The highest BCUT2D eigenvalue weighted by atomic mass is 19.4. The van der Waals surface area contributed by atoms with Gasteiger partial charge in [0.2, 0.25) is 11.8 Å². The van der Waals surface area contributed by atoms with Gasteiger partial charge in [-0.2, -0.15) is 13.2 Å². The number of imide groups is 1. The monoisotopic (exact) mass is 238 g/mol. The van der Waals surface area contributed by atoms with Crippen molar-refractivity contribution in [2.45, 2.75) is 38.0 Å². The number of nitrogens with zero attached hydrogens (tertiary/aromatic N) is 1. The highest BCUT2D eigenvalue weighted by Gasteiger charge is 2.38. The molecule has 1 rings (SSSR count). The lowest BCUT2D eigenvalue weighted by Gasteiger charge is -2.19. The van der Waals surface area contributed by atoms with Crippen molar-refractivity contribution < 1.29 is 22.8 Å². The number of alkyl halides is 3. The van der Waals surface area contributed by atoms with Crippen molar-refractivity contribution in [2.75, 3.05) is 7.05 Å². The van der Waals surface area contributed by atoms with Crippen LogP contribution in [0.4, 0.5) is 13.2 Å². The van der Waals surface area contributed by atoms with Crippen LogP contribution in [0.25, 0.3) is 0 Å². The number of rotatable bonds is 3. The van der Waals surface area contributed by atoms with E-state index in [1.165, 1.54) is 14.0 Å². The van der Waals surface area contributed by atoms with E-state index in [4.69, 9.17) is 0 Å². The largest absolute Gasteiger partial charge is 0.390 e. The predicted molar refractivity (Wildman–Crippen MR) is 49.5 cm³/mol. The van der Waals surface area contributed by atoms with Gasteiger partial charge in [-0.25, -0.2) is 0 Å². The second-order valence-electron chi connectivity index (χ2n) is 3.93. The Balaban J connectivity index is 2.50. The number of likely N-dealkylation sites (tertiary alicyclic amines) is 1. The molecule has 0 bridgehead atoms. The van der Waals surface area contributed by atoms with Crippen LogP contribution in [0.1, 0.15) is 19.8 Å². The lowest BCUT2D eigenvalue weighted by Crippen LogP contribution is -2.43. The second-order valence-corrected chi connectivity index (χ2v) is 3.93. The highest BCUT2D eigenvalue weighted by Crippen LogP contribution is 2.22. The molecule has 0 radical (unpaired) electrons. The Hall–Kier alpha value is -1.11. The summed E-state index contributed by atoms with van der Waals surface area (Å²) in [5.74, 6) is -0.847. The Labute approximate surface area is 90.8 Å². The molecule has 0 aromatic rings. The Bertz CT molecular complexity index is 304. The van der Waals surface area contributed by atoms with Crippen LogP contribution >= 0.6 is 0 Å². The van der Waals surface area contributed by atoms with Gasteiger partial charge in [0.25, 0.3) is 0 Å². The maximum atomic E-state index is 12.0. The fraction of sp³-hybridized carbons (Fsp3) is 0.778. The summed E-state index contributed by atoms with van der Waals surface area (Å²) < 4.78 is 36.1. The van der Waals surface area contributed by atoms with Gasteiger partial charge in [-0.3, -0.25) is 14.5 Å². The molecule has 1 heterocycles. The average molecular weight is 238 g/mol. The SMILES string of the molecule is CC(CC(F)(F)F)NC1CC(=O)N(C)C1=O. The van der Waals surface area contributed by atoms with E-state index in [9.17, 15) is 22.8 Å². The molecule has 16 heavy (non-hydrogen) atoms. The molecule has 0 aliphatic carbocycles. The number of hydrogen-bond acceptors (Lipinski definition) is 3. The smallest absolute Gasteiger partial charge is 0.303 e. The number of hydrogen-bond donors (Lipinski definition) is 1. The summed E-state index contributed by atoms with van der Waals surface area (Å²) in [5, 5.41) is 2.51. The van der Waals surface area contributed by atoms with Crippen molar-refractivity contribution in [1.29, 1.82) is 0 Å². The number of halogens is 3. The number of carbonyl (C=O) groups excluding carboxylic acids is 2. The summed E-state index contributed by atoms with van der Waals surface area (Å²) in [4.78, 5) is 23.4. The van der Waals surface area contributed by atoms with E-state index in [0.29, 0.717) is 0 Å². The molecule has 1 fully saturated rings. The van der Waals surface area contributed by atoms with Crippen molar-refractivity contribution in [1.82, 2.24) is 10.2 Å². The summed E-state index contributed by atoms with van der Waals surface area (Å²) in [5.41, 5.74) is 0. The zero-order valence-electron chi connectivity index (χ0n) is 8.97. The maximum absolute atomic E-state index is 12.0. The number of amides is 2. The summed E-state index contributed by atoms with van der Waals surface area (Å²) >= 11 is 0. The molecule has 4 nitrogen and oxygen atoms in total. The van der Waals surface area contributed by atoms with Gasteiger partial charge in [0.05, 0.1) is 18.9 Å². The maximum Gasteiger partial charge on any atom is 0.390 e. The van der Waals surface area contributed by atoms with Crippen LogP contribution in [0.2, 0.25) is 0 Å². The first kappa shape index (κ1) is 13.0. The Morgan fingerprint density at radius 1 is 1.50 bits per heavy atom. The zero-order chi connectivity index (χ0) is 12.5. The van der Waals surface area contributed by atoms with Gasteiger partial charge in [-0.1, -0.05) is 0 Å². The molecule has 1 N–H and O–H groups in total. The van der Waals surface area contributed by atoms with Crippen LogP contribution in [0.3, 0.4) is 0 Å². The fourth-order valence-corrected chi connectivity index (χ4v) is 1.64. The molecule has 2 unspecified atom stereocenters. The minimum atomic E-state index is -4.27. The number of nitrogens with one attached hydrogen (secondary N) is 1. The van der Waals surface area contributed by atoms with Gasteiger partial charge in [-0.05, 0) is 6.92 Å². The van der Waals surface area contributed by atoms with Crippen molar-refractivity contribution in [3.05, 3.63) is 0 Å². The van der Waals surface area contributed by atoms with Gasteiger partial charge < -0.3 is 5.32 Å². The van der Waals surface area contributed by atoms with Crippen molar-refractivity contribution in [2.24, 2.45) is 0 Å². The van der Waals surface area contributed by atoms with Crippen LogP contribution in [-0.4, -0.2) is 42.0 Å². The van der Waals surface area contributed by atoms with Gasteiger partial charge in [0, 0.05) is 13.1 Å². The van der Waals surface area contributed by atoms with E-state index in [1.54, 1.807) is 0 Å². The summed E-state index contributed by atoms with van der Waals surface area (Å²) in [6, 6.07) is -1.71. The van der Waals surface area contributed by atoms with Crippen LogP contribution in [0.15, 0.2) is 0 Å². The molecule has 1 aliphatic heterocycles. The first-order valence-corrected chi connectivity index (χ1v) is 4.84. The Kier molecular flexibility index (Phi) is 3.57. The number of likely N-dealkylation sites (N-methyl/N-ethyl adjacent to an activating group) is 1. The quantitative estimate of drug-likeness (QED) is 0.735. The van der Waals surface area contributed by atoms with E-state index >= 15 is 0 Å². The molecule has 1 aliphatic rings. The van der Waals surface area contributed by atoms with Gasteiger partial charge in [-0.15, -0.1) is 0 Å². The third-order valence-corrected chi connectivity index (χ3v) is 2.40. The third kappa shape index (κ3) is 3.19. The Morgan fingerprint density at radius 3 is 2.44 bits per heavy atom. The van der Waals surface area contributed by atoms with E-state index in [2.05, 4.69) is 5.32 Å². The minimum Gasteiger partial charge on any atom is -0.303 e. The standard InChI is InChI=1S/C9H13F3N2O2/c1-5(4-9(10,11)12)13-6-3-7(15)14(2)8(6)16/h5-6,13H,3-4H2,1-2H3. The lowest BCUT2D eigenvalue weighted by molar-refractivity contribution is -0.142. The fourth-order valence-electron chi connectivity index (χ4n) is 1.64. The van der Waals surface area contributed by atoms with Crippen molar-refractivity contribution in [3.8, 4) is 0 Å². The first-order valence-electron chi connectivity index (χ1n) is 4.84. The molecule has 0 spiro atoms. The van der Waals surface area contributed by atoms with Gasteiger partial charge in [0.1, 0.15) is 0 Å². The molecule has 0 saturated carbocycles. The molecule has 0 aromatic carbocycles. The normalized spacial score (nSPS) is 24.1. The molecular weight excluding hydrogens is 225 g/mol. The van der Waals surface area contributed by atoms with E-state index in [1.807, 2.05) is 0 Å². The van der Waals surface area contributed by atoms with Crippen LogP contribution < -0.4 is 5.32 Å². The Morgan fingerprint density at radius 2 is 2.06 bits per heavy atom. The molecule has 2 atom stereocenters. The molecule has 0 aromatic heterocycles. The number of carbonyl (C=O) groups is 2. The van der Waals surface area contributed by atoms with Crippen LogP contribution in [0, 0.1) is 0 Å². The first-order chi connectivity index (χ1) is 7.20. The molecule has 2 amide bonds. The van der Waals surface area contributed by atoms with Crippen molar-refractivity contribution >= 4 is 11.8 Å². The highest BCUT2D eigenvalue weighted by molar-refractivity contribution is 6.05. The second kappa shape index (κ2) is 4.40. The van der Waals surface area contributed by atoms with Gasteiger partial charge >= 0.3 is 6.18 Å². The predicted octanol–water partition coefficient (Wildman–Crippen LogP) is 0.674. The summed E-state index contributed by atoms with van der Waals surface area (Å²) in [6.45, 7) is 1.34.